The second-order valence-corrected chi connectivity index (χ2v) is 9.12. The first kappa shape index (κ1) is 23.0. The van der Waals surface area contributed by atoms with Gasteiger partial charge in [-0.25, -0.2) is 9.59 Å². The molecule has 1 aliphatic rings. The van der Waals surface area contributed by atoms with Crippen molar-refractivity contribution in [2.45, 2.75) is 51.7 Å². The van der Waals surface area contributed by atoms with Gasteiger partial charge in [0, 0.05) is 17.4 Å². The molecule has 0 spiro atoms. The lowest BCUT2D eigenvalue weighted by Crippen LogP contribution is -2.43. The van der Waals surface area contributed by atoms with E-state index in [9.17, 15) is 19.5 Å². The van der Waals surface area contributed by atoms with E-state index in [4.69, 9.17) is 13.9 Å². The molecule has 0 saturated heterocycles. The standard InChI is InChI=1S/C22H27NO7S/c1-11-13(8-17(24)23-14(10-31-5)20(25)26)21(27)29-19-12-6-7-22(2,3)30-15(12)9-16(28-4)18(11)19/h9,14H,6-8,10H2,1-5H3,(H,23,24)(H,25,26)/t14-/m0/s1. The van der Waals surface area contributed by atoms with E-state index in [1.165, 1.54) is 18.9 Å². The number of thioether (sulfide) groups is 1. The normalized spacial score (nSPS) is 15.6. The van der Waals surface area contributed by atoms with Crippen molar-refractivity contribution in [1.29, 1.82) is 0 Å². The summed E-state index contributed by atoms with van der Waals surface area (Å²) in [4.78, 5) is 36.6. The van der Waals surface area contributed by atoms with Crippen molar-refractivity contribution >= 4 is 34.6 Å². The number of fused-ring (bicyclic) bond motifs is 3. The Kier molecular flexibility index (Phi) is 6.54. The molecule has 2 aromatic rings. The molecular weight excluding hydrogens is 422 g/mol. The summed E-state index contributed by atoms with van der Waals surface area (Å²) in [7, 11) is 1.52. The smallest absolute Gasteiger partial charge is 0.340 e. The van der Waals surface area contributed by atoms with Gasteiger partial charge < -0.3 is 24.3 Å². The van der Waals surface area contributed by atoms with Crippen LogP contribution in [0.5, 0.6) is 11.5 Å². The Morgan fingerprint density at radius 1 is 1.39 bits per heavy atom. The van der Waals surface area contributed by atoms with Crippen LogP contribution in [0.2, 0.25) is 0 Å². The fourth-order valence-corrected chi connectivity index (χ4v) is 4.35. The molecule has 168 valence electrons. The molecule has 1 atom stereocenters. The van der Waals surface area contributed by atoms with Crippen LogP contribution in [0.15, 0.2) is 15.3 Å². The number of carbonyl (C=O) groups excluding carboxylic acids is 1. The Morgan fingerprint density at radius 2 is 2.10 bits per heavy atom. The summed E-state index contributed by atoms with van der Waals surface area (Å²) in [6.07, 6.45) is 2.91. The molecule has 0 saturated carbocycles. The zero-order valence-electron chi connectivity index (χ0n) is 18.3. The second-order valence-electron chi connectivity index (χ2n) is 8.20. The zero-order chi connectivity index (χ0) is 22.9. The van der Waals surface area contributed by atoms with Gasteiger partial charge in [-0.2, -0.15) is 11.8 Å². The van der Waals surface area contributed by atoms with Crippen molar-refractivity contribution in [2.24, 2.45) is 0 Å². The Morgan fingerprint density at radius 3 is 2.71 bits per heavy atom. The Labute approximate surface area is 184 Å². The van der Waals surface area contributed by atoms with E-state index in [-0.39, 0.29) is 23.3 Å². The van der Waals surface area contributed by atoms with Crippen LogP contribution in [-0.2, 0) is 22.4 Å². The fourth-order valence-electron chi connectivity index (χ4n) is 3.79. The van der Waals surface area contributed by atoms with Gasteiger partial charge in [-0.15, -0.1) is 0 Å². The molecule has 8 nitrogen and oxygen atoms in total. The van der Waals surface area contributed by atoms with Crippen molar-refractivity contribution in [2.75, 3.05) is 19.1 Å². The first-order chi connectivity index (χ1) is 14.6. The van der Waals surface area contributed by atoms with Crippen LogP contribution in [-0.4, -0.2) is 47.7 Å². The number of ether oxygens (including phenoxy) is 2. The minimum atomic E-state index is -1.12. The first-order valence-corrected chi connectivity index (χ1v) is 11.3. The van der Waals surface area contributed by atoms with Gasteiger partial charge >= 0.3 is 11.6 Å². The zero-order valence-corrected chi connectivity index (χ0v) is 19.1. The van der Waals surface area contributed by atoms with E-state index in [1.54, 1.807) is 19.2 Å². The number of benzene rings is 1. The number of carboxylic acid groups (broad SMARTS) is 1. The molecule has 1 aliphatic heterocycles. The van der Waals surface area contributed by atoms with Crippen LogP contribution >= 0.6 is 11.8 Å². The highest BCUT2D eigenvalue weighted by Crippen LogP contribution is 2.43. The van der Waals surface area contributed by atoms with Crippen LogP contribution < -0.4 is 20.4 Å². The predicted octanol–water partition coefficient (Wildman–Crippen LogP) is 2.69. The van der Waals surface area contributed by atoms with Crippen molar-refractivity contribution in [3.63, 3.8) is 0 Å². The topological polar surface area (TPSA) is 115 Å². The summed E-state index contributed by atoms with van der Waals surface area (Å²) in [6, 6.07) is 0.756. The number of aryl methyl sites for hydroxylation is 2. The molecular formula is C22H27NO7S. The molecule has 1 amide bonds. The Hall–Kier alpha value is -2.68. The summed E-state index contributed by atoms with van der Waals surface area (Å²) in [5.74, 6) is -0.350. The van der Waals surface area contributed by atoms with Crippen LogP contribution in [0, 0.1) is 6.92 Å². The average Bonchev–Trinajstić information content (AvgIpc) is 2.68. The van der Waals surface area contributed by atoms with Gasteiger partial charge in [0.2, 0.25) is 5.91 Å². The molecule has 0 radical (unpaired) electrons. The van der Waals surface area contributed by atoms with E-state index in [1.807, 2.05) is 13.8 Å². The Balaban J connectivity index is 2.04. The maximum Gasteiger partial charge on any atom is 0.340 e. The number of hydrogen-bond acceptors (Lipinski definition) is 7. The van der Waals surface area contributed by atoms with Gasteiger partial charge in [0.15, 0.2) is 0 Å². The fraction of sp³-hybridized carbons (Fsp3) is 0.500. The van der Waals surface area contributed by atoms with Crippen molar-refractivity contribution < 1.29 is 28.6 Å². The quantitative estimate of drug-likeness (QED) is 0.620. The molecule has 31 heavy (non-hydrogen) atoms. The maximum absolute atomic E-state index is 12.8. The summed E-state index contributed by atoms with van der Waals surface area (Å²) in [5.41, 5.74) is 0.990. The average molecular weight is 450 g/mol. The molecule has 0 aliphatic carbocycles. The van der Waals surface area contributed by atoms with E-state index in [2.05, 4.69) is 5.32 Å². The molecule has 0 bridgehead atoms. The summed E-state index contributed by atoms with van der Waals surface area (Å²) in [5, 5.41) is 12.3. The monoisotopic (exact) mass is 449 g/mol. The summed E-state index contributed by atoms with van der Waals surface area (Å²) >= 11 is 1.31. The van der Waals surface area contributed by atoms with Crippen molar-refractivity contribution in [3.8, 4) is 11.5 Å². The molecule has 2 N–H and O–H groups in total. The van der Waals surface area contributed by atoms with Gasteiger partial charge in [-0.3, -0.25) is 4.79 Å². The Bertz CT molecular complexity index is 1090. The molecule has 1 aromatic heterocycles. The first-order valence-electron chi connectivity index (χ1n) is 9.94. The molecule has 0 unspecified atom stereocenters. The van der Waals surface area contributed by atoms with Gasteiger partial charge in [0.25, 0.3) is 0 Å². The SMILES string of the molecule is COc1cc2c(c3oc(=O)c(CC(=O)N[C@@H](CSC)C(=O)O)c(C)c13)CCC(C)(C)O2. The second kappa shape index (κ2) is 8.82. The molecule has 1 aromatic carbocycles. The highest BCUT2D eigenvalue weighted by atomic mass is 32.2. The summed E-state index contributed by atoms with van der Waals surface area (Å²) in [6.45, 7) is 5.73. The molecule has 2 heterocycles. The lowest BCUT2D eigenvalue weighted by atomic mass is 9.91. The highest BCUT2D eigenvalue weighted by Gasteiger charge is 2.31. The predicted molar refractivity (Wildman–Crippen MR) is 118 cm³/mol. The van der Waals surface area contributed by atoms with E-state index in [0.717, 1.165) is 12.0 Å². The highest BCUT2D eigenvalue weighted by molar-refractivity contribution is 7.98. The number of hydrogen-bond donors (Lipinski definition) is 2. The number of nitrogens with one attached hydrogen (secondary N) is 1. The van der Waals surface area contributed by atoms with Gasteiger partial charge in [-0.05, 0) is 45.4 Å². The lowest BCUT2D eigenvalue weighted by molar-refractivity contribution is -0.141. The largest absolute Gasteiger partial charge is 0.496 e. The number of aliphatic carboxylic acids is 1. The van der Waals surface area contributed by atoms with Crippen molar-refractivity contribution in [3.05, 3.63) is 33.2 Å². The van der Waals surface area contributed by atoms with E-state index < -0.39 is 23.5 Å². The number of methoxy groups -OCH3 is 1. The van der Waals surface area contributed by atoms with Crippen LogP contribution in [0.3, 0.4) is 0 Å². The third kappa shape index (κ3) is 4.66. The van der Waals surface area contributed by atoms with Gasteiger partial charge in [0.1, 0.15) is 28.7 Å². The third-order valence-electron chi connectivity index (χ3n) is 5.46. The maximum atomic E-state index is 12.8. The van der Waals surface area contributed by atoms with Gasteiger partial charge in [0.05, 0.1) is 24.5 Å². The van der Waals surface area contributed by atoms with Crippen LogP contribution in [0.1, 0.15) is 37.0 Å². The van der Waals surface area contributed by atoms with Crippen LogP contribution in [0.25, 0.3) is 11.0 Å². The van der Waals surface area contributed by atoms with Crippen molar-refractivity contribution in [1.82, 2.24) is 5.32 Å². The van der Waals surface area contributed by atoms with Gasteiger partial charge in [-0.1, -0.05) is 0 Å². The third-order valence-corrected chi connectivity index (χ3v) is 6.13. The number of carboxylic acids is 1. The number of rotatable bonds is 7. The minimum Gasteiger partial charge on any atom is -0.496 e. The number of carbonyl (C=O) groups is 2. The summed E-state index contributed by atoms with van der Waals surface area (Å²) < 4.78 is 17.3. The molecule has 9 heteroatoms. The van der Waals surface area contributed by atoms with E-state index >= 15 is 0 Å². The van der Waals surface area contributed by atoms with Crippen LogP contribution in [0.4, 0.5) is 0 Å². The molecule has 0 fully saturated rings. The minimum absolute atomic E-state index is 0.175. The number of amides is 1. The molecule has 3 rings (SSSR count). The lowest BCUT2D eigenvalue weighted by Gasteiger charge is -2.33. The van der Waals surface area contributed by atoms with E-state index in [0.29, 0.717) is 34.5 Å².